The minimum absolute atomic E-state index is 0.211. The van der Waals surface area contributed by atoms with Gasteiger partial charge in [-0.3, -0.25) is 9.69 Å². The summed E-state index contributed by atoms with van der Waals surface area (Å²) in [6, 6.07) is 1.04. The minimum Gasteiger partial charge on any atom is -0.378 e. The van der Waals surface area contributed by atoms with Gasteiger partial charge in [0.2, 0.25) is 5.91 Å². The number of hydrogen-bond donors (Lipinski definition) is 0. The van der Waals surface area contributed by atoms with Gasteiger partial charge in [0, 0.05) is 18.6 Å². The zero-order valence-corrected chi connectivity index (χ0v) is 13.3. The molecular weight excluding hydrogens is 252 g/mol. The molecule has 2 atom stereocenters. The summed E-state index contributed by atoms with van der Waals surface area (Å²) < 4.78 is 5.52. The maximum Gasteiger partial charge on any atom is 0.225 e. The maximum absolute atomic E-state index is 12.4. The first-order valence-corrected chi connectivity index (χ1v) is 8.28. The van der Waals surface area contributed by atoms with Gasteiger partial charge in [-0.25, -0.2) is 0 Å². The first-order valence-electron chi connectivity index (χ1n) is 8.28. The lowest BCUT2D eigenvalue weighted by Gasteiger charge is -2.34. The molecule has 2 aliphatic heterocycles. The number of carbonyl (C=O) groups excluding carboxylic acids is 1. The Kier molecular flexibility index (Phi) is 5.85. The Hall–Kier alpha value is -0.610. The summed E-state index contributed by atoms with van der Waals surface area (Å²) in [6.07, 6.45) is 5.63. The van der Waals surface area contributed by atoms with Crippen molar-refractivity contribution in [2.45, 2.75) is 71.1 Å². The normalized spacial score (nSPS) is 27.7. The van der Waals surface area contributed by atoms with Gasteiger partial charge in [0.15, 0.2) is 0 Å². The molecule has 0 unspecified atom stereocenters. The van der Waals surface area contributed by atoms with Gasteiger partial charge in [-0.05, 0) is 52.6 Å². The fraction of sp³-hybridized carbons (Fsp3) is 0.938. The molecule has 4 nitrogen and oxygen atoms in total. The third kappa shape index (κ3) is 3.73. The Bertz CT molecular complexity index is 320. The molecule has 2 fully saturated rings. The zero-order valence-electron chi connectivity index (χ0n) is 13.3. The fourth-order valence-electron chi connectivity index (χ4n) is 3.71. The van der Waals surface area contributed by atoms with Crippen molar-refractivity contribution >= 4 is 5.91 Å². The Labute approximate surface area is 123 Å². The highest BCUT2D eigenvalue weighted by molar-refractivity contribution is 5.77. The van der Waals surface area contributed by atoms with Crippen LogP contribution in [0.15, 0.2) is 0 Å². The monoisotopic (exact) mass is 282 g/mol. The van der Waals surface area contributed by atoms with Gasteiger partial charge in [-0.1, -0.05) is 6.92 Å². The molecule has 0 saturated carbocycles. The van der Waals surface area contributed by atoms with E-state index in [9.17, 15) is 4.79 Å². The van der Waals surface area contributed by atoms with Crippen LogP contribution in [-0.4, -0.2) is 60.1 Å². The van der Waals surface area contributed by atoms with Crippen molar-refractivity contribution in [3.8, 4) is 0 Å². The number of carbonyl (C=O) groups is 1. The molecule has 0 aliphatic carbocycles. The van der Waals surface area contributed by atoms with Crippen LogP contribution in [0.1, 0.15) is 52.9 Å². The van der Waals surface area contributed by atoms with Crippen LogP contribution in [0.2, 0.25) is 0 Å². The molecule has 4 heteroatoms. The summed E-state index contributed by atoms with van der Waals surface area (Å²) in [5, 5.41) is 0. The van der Waals surface area contributed by atoms with Gasteiger partial charge in [0.05, 0.1) is 19.1 Å². The predicted molar refractivity (Wildman–Crippen MR) is 80.7 cm³/mol. The Morgan fingerprint density at radius 2 is 1.90 bits per heavy atom. The Balaban J connectivity index is 1.88. The number of likely N-dealkylation sites (N-methyl/N-ethyl adjacent to an activating group) is 1. The van der Waals surface area contributed by atoms with E-state index in [0.717, 1.165) is 19.5 Å². The van der Waals surface area contributed by atoms with Gasteiger partial charge in [-0.15, -0.1) is 0 Å². The number of amides is 1. The van der Waals surface area contributed by atoms with Crippen molar-refractivity contribution < 1.29 is 9.53 Å². The van der Waals surface area contributed by atoms with Crippen LogP contribution in [0.4, 0.5) is 0 Å². The van der Waals surface area contributed by atoms with E-state index in [0.29, 0.717) is 25.1 Å². The van der Waals surface area contributed by atoms with Crippen molar-refractivity contribution in [2.75, 3.05) is 26.2 Å². The lowest BCUT2D eigenvalue weighted by Crippen LogP contribution is -2.48. The molecule has 1 amide bonds. The molecule has 0 aromatic rings. The van der Waals surface area contributed by atoms with Crippen LogP contribution in [0.5, 0.6) is 0 Å². The third-order valence-electron chi connectivity index (χ3n) is 4.65. The molecule has 20 heavy (non-hydrogen) atoms. The number of hydrogen-bond acceptors (Lipinski definition) is 3. The molecule has 0 bridgehead atoms. The first kappa shape index (κ1) is 15.8. The van der Waals surface area contributed by atoms with Crippen molar-refractivity contribution in [1.29, 1.82) is 0 Å². The SMILES string of the molecule is CCN1CCC[C@@H]1[C@@H]1CCCN1C(=O)CCOC(C)C. The average Bonchev–Trinajstić information content (AvgIpc) is 3.06. The lowest BCUT2D eigenvalue weighted by molar-refractivity contribution is -0.134. The van der Waals surface area contributed by atoms with Crippen LogP contribution in [0.3, 0.4) is 0 Å². The van der Waals surface area contributed by atoms with Crippen LogP contribution < -0.4 is 0 Å². The van der Waals surface area contributed by atoms with Gasteiger partial charge in [0.25, 0.3) is 0 Å². The van der Waals surface area contributed by atoms with Crippen molar-refractivity contribution in [2.24, 2.45) is 0 Å². The smallest absolute Gasteiger partial charge is 0.225 e. The number of rotatable bonds is 6. The van der Waals surface area contributed by atoms with E-state index in [-0.39, 0.29) is 12.0 Å². The van der Waals surface area contributed by atoms with E-state index < -0.39 is 0 Å². The van der Waals surface area contributed by atoms with Crippen LogP contribution >= 0.6 is 0 Å². The molecule has 2 heterocycles. The molecule has 0 spiro atoms. The standard InChI is InChI=1S/C16H30N2O2/c1-4-17-10-5-7-14(17)15-8-6-11-18(15)16(19)9-12-20-13(2)3/h13-15H,4-12H2,1-3H3/t14-,15+/m1/s1. The summed E-state index contributed by atoms with van der Waals surface area (Å²) >= 11 is 0. The number of likely N-dealkylation sites (tertiary alicyclic amines) is 2. The molecule has 0 radical (unpaired) electrons. The lowest BCUT2D eigenvalue weighted by atomic mass is 10.0. The van der Waals surface area contributed by atoms with Gasteiger partial charge >= 0.3 is 0 Å². The van der Waals surface area contributed by atoms with E-state index >= 15 is 0 Å². The van der Waals surface area contributed by atoms with Gasteiger partial charge < -0.3 is 9.64 Å². The largest absolute Gasteiger partial charge is 0.378 e. The molecule has 0 aromatic heterocycles. The second-order valence-corrected chi connectivity index (χ2v) is 6.30. The molecule has 2 rings (SSSR count). The molecule has 0 N–H and O–H groups in total. The molecule has 0 aromatic carbocycles. The van der Waals surface area contributed by atoms with E-state index in [1.54, 1.807) is 0 Å². The average molecular weight is 282 g/mol. The first-order chi connectivity index (χ1) is 9.63. The zero-order chi connectivity index (χ0) is 14.5. The van der Waals surface area contributed by atoms with Gasteiger partial charge in [-0.2, -0.15) is 0 Å². The van der Waals surface area contributed by atoms with Crippen molar-refractivity contribution in [3.63, 3.8) is 0 Å². The second kappa shape index (κ2) is 7.41. The second-order valence-electron chi connectivity index (χ2n) is 6.30. The molecule has 2 saturated heterocycles. The Morgan fingerprint density at radius 3 is 2.60 bits per heavy atom. The minimum atomic E-state index is 0.211. The Morgan fingerprint density at radius 1 is 1.20 bits per heavy atom. The molecule has 2 aliphatic rings. The highest BCUT2D eigenvalue weighted by atomic mass is 16.5. The molecule has 116 valence electrons. The summed E-state index contributed by atoms with van der Waals surface area (Å²) in [5.41, 5.74) is 0. The summed E-state index contributed by atoms with van der Waals surface area (Å²) in [7, 11) is 0. The summed E-state index contributed by atoms with van der Waals surface area (Å²) in [6.45, 7) is 10.1. The highest BCUT2D eigenvalue weighted by Gasteiger charge is 2.38. The van der Waals surface area contributed by atoms with E-state index in [1.807, 2.05) is 13.8 Å². The fourth-order valence-corrected chi connectivity index (χ4v) is 3.71. The van der Waals surface area contributed by atoms with Crippen molar-refractivity contribution in [1.82, 2.24) is 9.80 Å². The number of ether oxygens (including phenoxy) is 1. The molecular formula is C16H30N2O2. The van der Waals surface area contributed by atoms with E-state index in [4.69, 9.17) is 4.74 Å². The third-order valence-corrected chi connectivity index (χ3v) is 4.65. The summed E-state index contributed by atoms with van der Waals surface area (Å²) in [5.74, 6) is 0.288. The predicted octanol–water partition coefficient (Wildman–Crippen LogP) is 2.28. The number of nitrogens with zero attached hydrogens (tertiary/aromatic N) is 2. The van der Waals surface area contributed by atoms with E-state index in [1.165, 1.54) is 25.8 Å². The van der Waals surface area contributed by atoms with Crippen LogP contribution in [0.25, 0.3) is 0 Å². The summed E-state index contributed by atoms with van der Waals surface area (Å²) in [4.78, 5) is 17.1. The maximum atomic E-state index is 12.4. The van der Waals surface area contributed by atoms with Crippen LogP contribution in [-0.2, 0) is 9.53 Å². The van der Waals surface area contributed by atoms with E-state index in [2.05, 4.69) is 16.7 Å². The quantitative estimate of drug-likeness (QED) is 0.749. The highest BCUT2D eigenvalue weighted by Crippen LogP contribution is 2.30. The topological polar surface area (TPSA) is 32.8 Å². The van der Waals surface area contributed by atoms with Gasteiger partial charge in [0.1, 0.15) is 0 Å². The van der Waals surface area contributed by atoms with Crippen LogP contribution in [0, 0.1) is 0 Å². The van der Waals surface area contributed by atoms with Crippen molar-refractivity contribution in [3.05, 3.63) is 0 Å².